The molecule has 0 fully saturated rings. The Labute approximate surface area is 189 Å². The van der Waals surface area contributed by atoms with Crippen LogP contribution in [0.4, 0.5) is 0 Å². The molecule has 0 amide bonds. The van der Waals surface area contributed by atoms with Gasteiger partial charge in [0.25, 0.3) is 5.19 Å². The molecule has 0 radical (unpaired) electrons. The molecule has 2 heterocycles. The highest BCUT2D eigenvalue weighted by Gasteiger charge is 2.25. The Morgan fingerprint density at radius 3 is 2.78 bits per heavy atom. The molecular formula is C22H23N3O5S2. The van der Waals surface area contributed by atoms with Crippen molar-refractivity contribution >= 4 is 33.5 Å². The molecule has 0 aliphatic heterocycles. The lowest BCUT2D eigenvalue weighted by molar-refractivity contribution is 0.226. The predicted molar refractivity (Wildman–Crippen MR) is 122 cm³/mol. The molecule has 8 nitrogen and oxygen atoms in total. The summed E-state index contributed by atoms with van der Waals surface area (Å²) in [5, 5.41) is 3.15. The molecule has 1 aliphatic rings. The van der Waals surface area contributed by atoms with Gasteiger partial charge in [-0.05, 0) is 37.2 Å². The number of hydrogen-bond donors (Lipinski definition) is 2. The summed E-state index contributed by atoms with van der Waals surface area (Å²) < 4.78 is 38.1. The quantitative estimate of drug-likeness (QED) is 0.548. The van der Waals surface area contributed by atoms with Crippen molar-refractivity contribution in [3.8, 4) is 5.19 Å². The van der Waals surface area contributed by atoms with Crippen molar-refractivity contribution in [1.29, 1.82) is 0 Å². The third-order valence-corrected chi connectivity index (χ3v) is 7.59. The molecule has 32 heavy (non-hydrogen) atoms. The highest BCUT2D eigenvalue weighted by atomic mass is 32.2. The first-order valence-electron chi connectivity index (χ1n) is 9.94. The lowest BCUT2D eigenvalue weighted by atomic mass is 9.92. The van der Waals surface area contributed by atoms with Gasteiger partial charge in [-0.3, -0.25) is 0 Å². The lowest BCUT2D eigenvalue weighted by Gasteiger charge is -2.22. The van der Waals surface area contributed by atoms with Gasteiger partial charge in [0, 0.05) is 28.8 Å². The zero-order valence-electron chi connectivity index (χ0n) is 17.7. The Hall–Kier alpha value is -2.79. The molecule has 1 aliphatic carbocycles. The van der Waals surface area contributed by atoms with Crippen LogP contribution in [-0.2, 0) is 10.0 Å². The normalized spacial score (nSPS) is 18.9. The van der Waals surface area contributed by atoms with Crippen LogP contribution in [0.25, 0.3) is 12.2 Å². The van der Waals surface area contributed by atoms with Crippen LogP contribution in [0.3, 0.4) is 0 Å². The van der Waals surface area contributed by atoms with E-state index in [-0.39, 0.29) is 16.9 Å². The highest BCUT2D eigenvalue weighted by Crippen LogP contribution is 2.23. The Morgan fingerprint density at radius 2 is 2.09 bits per heavy atom. The van der Waals surface area contributed by atoms with Crippen LogP contribution in [0.2, 0.25) is 0 Å². The molecule has 3 aromatic rings. The Bertz CT molecular complexity index is 1430. The zero-order chi connectivity index (χ0) is 23.0. The number of nitrogens with zero attached hydrogens (tertiary/aromatic N) is 1. The maximum absolute atomic E-state index is 12.9. The minimum Gasteiger partial charge on any atom is -0.462 e. The Balaban J connectivity index is 1.77. The molecule has 0 bridgehead atoms. The molecule has 3 unspecified atom stereocenters. The van der Waals surface area contributed by atoms with Crippen molar-refractivity contribution in [1.82, 2.24) is 9.71 Å². The first kappa shape index (κ1) is 22.4. The largest absolute Gasteiger partial charge is 0.462 e. The average Bonchev–Trinajstić information content (AvgIpc) is 3.28. The Morgan fingerprint density at radius 1 is 1.31 bits per heavy atom. The van der Waals surface area contributed by atoms with Crippen molar-refractivity contribution in [3.63, 3.8) is 0 Å². The minimum absolute atomic E-state index is 0.00553. The second kappa shape index (κ2) is 8.62. The van der Waals surface area contributed by atoms with Gasteiger partial charge >= 0.3 is 5.63 Å². The molecule has 1 aromatic carbocycles. The van der Waals surface area contributed by atoms with Crippen molar-refractivity contribution < 1.29 is 17.6 Å². The molecule has 3 N–H and O–H groups in total. The summed E-state index contributed by atoms with van der Waals surface area (Å²) in [5.74, 6) is 0.00553. The van der Waals surface area contributed by atoms with Gasteiger partial charge in [0.2, 0.25) is 10.0 Å². The van der Waals surface area contributed by atoms with E-state index in [1.54, 1.807) is 24.4 Å². The molecule has 2 aromatic heterocycles. The predicted octanol–water partition coefficient (Wildman–Crippen LogP) is 1.02. The van der Waals surface area contributed by atoms with Gasteiger partial charge < -0.3 is 14.9 Å². The molecule has 168 valence electrons. The fourth-order valence-corrected chi connectivity index (χ4v) is 5.04. The van der Waals surface area contributed by atoms with Gasteiger partial charge in [-0.25, -0.2) is 22.9 Å². The van der Waals surface area contributed by atoms with Crippen molar-refractivity contribution in [3.05, 3.63) is 73.6 Å². The van der Waals surface area contributed by atoms with Crippen LogP contribution in [0.1, 0.15) is 29.7 Å². The minimum atomic E-state index is -3.64. The summed E-state index contributed by atoms with van der Waals surface area (Å²) in [5.41, 5.74) is 7.77. The summed E-state index contributed by atoms with van der Waals surface area (Å²) >= 11 is 1.39. The smallest absolute Gasteiger partial charge is 0.341 e. The number of fused-ring (bicyclic) bond motifs is 1. The Kier molecular flexibility index (Phi) is 6.04. The summed E-state index contributed by atoms with van der Waals surface area (Å²) in [6, 6.07) is 5.37. The van der Waals surface area contributed by atoms with E-state index in [0.29, 0.717) is 27.3 Å². The number of benzene rings is 1. The van der Waals surface area contributed by atoms with Crippen LogP contribution in [-0.4, -0.2) is 26.6 Å². The average molecular weight is 474 g/mol. The van der Waals surface area contributed by atoms with E-state index >= 15 is 0 Å². The van der Waals surface area contributed by atoms with Gasteiger partial charge in [0.1, 0.15) is 11.5 Å². The van der Waals surface area contributed by atoms with Crippen molar-refractivity contribution in [2.45, 2.75) is 30.9 Å². The topological polar surface area (TPSA) is 125 Å². The van der Waals surface area contributed by atoms with E-state index < -0.39 is 21.7 Å². The lowest BCUT2D eigenvalue weighted by Crippen LogP contribution is -2.43. The maximum atomic E-state index is 12.9. The number of hydrogen-bond acceptors (Lipinski definition) is 8. The van der Waals surface area contributed by atoms with Crippen LogP contribution >= 0.6 is 11.3 Å². The number of aromatic nitrogens is 1. The van der Waals surface area contributed by atoms with Crippen molar-refractivity contribution in [2.24, 2.45) is 11.7 Å². The zero-order valence-corrected chi connectivity index (χ0v) is 19.4. The fraction of sp³-hybridized carbons (Fsp3) is 0.273. The number of nitrogens with one attached hydrogen (secondary N) is 1. The first-order chi connectivity index (χ1) is 15.2. The summed E-state index contributed by atoms with van der Waals surface area (Å²) in [6.45, 7) is 3.83. The molecule has 0 saturated heterocycles. The number of ether oxygens (including phenoxy) is 1. The number of nitrogens with two attached hydrogens (primary N) is 1. The first-order valence-corrected chi connectivity index (χ1v) is 12.3. The van der Waals surface area contributed by atoms with E-state index in [9.17, 15) is 13.2 Å². The van der Waals surface area contributed by atoms with Crippen LogP contribution < -0.4 is 31.5 Å². The van der Waals surface area contributed by atoms with E-state index in [4.69, 9.17) is 14.9 Å². The maximum Gasteiger partial charge on any atom is 0.341 e. The van der Waals surface area contributed by atoms with Gasteiger partial charge in [-0.1, -0.05) is 36.5 Å². The second-order valence-corrected chi connectivity index (χ2v) is 10.3. The molecule has 4 rings (SSSR count). The van der Waals surface area contributed by atoms with Crippen molar-refractivity contribution in [2.75, 3.05) is 7.05 Å². The third-order valence-electron chi connectivity index (χ3n) is 5.51. The van der Waals surface area contributed by atoms with Crippen LogP contribution in [0.5, 0.6) is 5.19 Å². The monoisotopic (exact) mass is 473 g/mol. The highest BCUT2D eigenvalue weighted by molar-refractivity contribution is 7.89. The molecule has 0 spiro atoms. The molecular weight excluding hydrogens is 450 g/mol. The van der Waals surface area contributed by atoms with Gasteiger partial charge in [-0.15, -0.1) is 0 Å². The molecule has 10 heteroatoms. The van der Waals surface area contributed by atoms with E-state index in [2.05, 4.69) is 9.71 Å². The number of sulfonamides is 1. The SMILES string of the molecule is CNS(=O)(=O)c1cccc(C(N)c2c(C)c3c(oc2=O)=CC(Oc2nccs2)C(C)C=3)c1. The summed E-state index contributed by atoms with van der Waals surface area (Å²) in [6.07, 6.45) is 5.12. The van der Waals surface area contributed by atoms with Gasteiger partial charge in [-0.2, -0.15) is 0 Å². The van der Waals surface area contributed by atoms with E-state index in [0.717, 1.165) is 5.22 Å². The number of rotatable bonds is 6. The van der Waals surface area contributed by atoms with Gasteiger partial charge in [0.05, 0.1) is 16.5 Å². The number of thiazole rings is 1. The standard InChI is InChI=1S/C22H23N3O5S2/c1-12-9-16-13(2)19(20(23)14-5-4-6-15(10-14)32(27,28)24-3)21(26)29-18(16)11-17(12)30-22-25-7-8-31-22/h4-12,17,20,24H,23H2,1-3H3. The molecule has 3 atom stereocenters. The fourth-order valence-electron chi connectivity index (χ4n) is 3.73. The summed E-state index contributed by atoms with van der Waals surface area (Å²) in [4.78, 5) is 17.1. The second-order valence-electron chi connectivity index (χ2n) is 7.54. The van der Waals surface area contributed by atoms with Crippen LogP contribution in [0.15, 0.2) is 49.9 Å². The molecule has 0 saturated carbocycles. The summed E-state index contributed by atoms with van der Waals surface area (Å²) in [7, 11) is -2.31. The van der Waals surface area contributed by atoms with Crippen LogP contribution in [0, 0.1) is 12.8 Å². The van der Waals surface area contributed by atoms with Gasteiger partial charge in [0.15, 0.2) is 0 Å². The van der Waals surface area contributed by atoms with E-state index in [1.807, 2.05) is 25.3 Å². The third kappa shape index (κ3) is 4.14. The van der Waals surface area contributed by atoms with E-state index in [1.165, 1.54) is 30.5 Å².